The molecule has 33 heavy (non-hydrogen) atoms. The molecular weight excluding hydrogens is 439 g/mol. The Morgan fingerprint density at radius 3 is 2.36 bits per heavy atom. The molecule has 0 heterocycles. The maximum Gasteiger partial charge on any atom is 0.456 e. The first-order chi connectivity index (χ1) is 15.4. The van der Waals surface area contributed by atoms with Crippen LogP contribution < -0.4 is 0 Å². The molecule has 0 spiro atoms. The van der Waals surface area contributed by atoms with Crippen molar-refractivity contribution in [2.45, 2.75) is 81.9 Å². The van der Waals surface area contributed by atoms with E-state index in [0.29, 0.717) is 25.7 Å². The van der Waals surface area contributed by atoms with Crippen molar-refractivity contribution in [1.29, 1.82) is 0 Å². The van der Waals surface area contributed by atoms with Gasteiger partial charge < -0.3 is 5.11 Å². The molecule has 0 amide bonds. The Balaban J connectivity index is 1.66. The first-order valence-electron chi connectivity index (χ1n) is 11.9. The lowest BCUT2D eigenvalue weighted by molar-refractivity contribution is -0.362. The molecule has 3 fully saturated rings. The molecule has 0 aromatic heterocycles. The molecule has 1 N–H and O–H groups in total. The van der Waals surface area contributed by atoms with Crippen LogP contribution in [0.5, 0.6) is 0 Å². The summed E-state index contributed by atoms with van der Waals surface area (Å²) in [6.45, 7) is 1.46. The summed E-state index contributed by atoms with van der Waals surface area (Å²) < 4.78 is 70.3. The molecule has 0 bridgehead atoms. The van der Waals surface area contributed by atoms with Crippen LogP contribution in [0, 0.1) is 23.2 Å². The highest BCUT2D eigenvalue weighted by molar-refractivity contribution is 5.80. The molecule has 6 atom stereocenters. The molecule has 1 aromatic carbocycles. The van der Waals surface area contributed by atoms with E-state index in [9.17, 15) is 31.9 Å². The fraction of sp³-hybridized carbons (Fsp3) is 0.654. The van der Waals surface area contributed by atoms with Crippen LogP contribution in [0.1, 0.15) is 69.8 Å². The van der Waals surface area contributed by atoms with E-state index in [1.54, 1.807) is 0 Å². The normalized spacial score (nSPS) is 39.2. The monoisotopic (exact) mass is 468 g/mol. The van der Waals surface area contributed by atoms with E-state index in [1.165, 1.54) is 12.5 Å². The number of alkyl halides is 5. The molecule has 4 aliphatic rings. The highest BCUT2D eigenvalue weighted by atomic mass is 19.4. The Labute approximate surface area is 190 Å². The predicted octanol–water partition coefficient (Wildman–Crippen LogP) is 6.59. The SMILES string of the molecule is CC12CC(c3ccccc3)C3=C4CCC(=O)CC4CCC3C1CCC2(O)C(F)(F)C(F)(F)F. The van der Waals surface area contributed by atoms with Crippen LogP contribution in [0.25, 0.3) is 0 Å². The molecule has 4 aliphatic carbocycles. The van der Waals surface area contributed by atoms with Crippen molar-refractivity contribution in [3.63, 3.8) is 0 Å². The Morgan fingerprint density at radius 2 is 1.70 bits per heavy atom. The van der Waals surface area contributed by atoms with Gasteiger partial charge in [-0.15, -0.1) is 0 Å². The minimum absolute atomic E-state index is 0.0415. The van der Waals surface area contributed by atoms with Gasteiger partial charge in [0, 0.05) is 24.2 Å². The van der Waals surface area contributed by atoms with Crippen molar-refractivity contribution in [1.82, 2.24) is 0 Å². The van der Waals surface area contributed by atoms with E-state index >= 15 is 0 Å². The number of aliphatic hydroxyl groups is 1. The quantitative estimate of drug-likeness (QED) is 0.393. The van der Waals surface area contributed by atoms with E-state index in [0.717, 1.165) is 17.6 Å². The third-order valence-corrected chi connectivity index (χ3v) is 9.38. The second-order valence-electron chi connectivity index (χ2n) is 10.8. The summed E-state index contributed by atoms with van der Waals surface area (Å²) in [6.07, 6.45) is -3.19. The Bertz CT molecular complexity index is 984. The molecule has 180 valence electrons. The van der Waals surface area contributed by atoms with E-state index < -0.39 is 35.5 Å². The number of hydrogen-bond acceptors (Lipinski definition) is 2. The van der Waals surface area contributed by atoms with Crippen LogP contribution in [-0.2, 0) is 4.79 Å². The number of ketones is 1. The molecule has 2 nitrogen and oxygen atoms in total. The van der Waals surface area contributed by atoms with Gasteiger partial charge in [-0.1, -0.05) is 48.4 Å². The maximum absolute atomic E-state index is 14.9. The van der Waals surface area contributed by atoms with Crippen molar-refractivity contribution in [2.75, 3.05) is 0 Å². The Hall–Kier alpha value is -1.76. The summed E-state index contributed by atoms with van der Waals surface area (Å²) >= 11 is 0. The lowest BCUT2D eigenvalue weighted by Crippen LogP contribution is -2.65. The van der Waals surface area contributed by atoms with Crippen LogP contribution >= 0.6 is 0 Å². The molecule has 0 saturated heterocycles. The molecule has 6 unspecified atom stereocenters. The van der Waals surface area contributed by atoms with Gasteiger partial charge in [-0.05, 0) is 61.8 Å². The largest absolute Gasteiger partial charge is 0.456 e. The van der Waals surface area contributed by atoms with Crippen LogP contribution in [-0.4, -0.2) is 28.6 Å². The van der Waals surface area contributed by atoms with Crippen LogP contribution in [0.2, 0.25) is 0 Å². The van der Waals surface area contributed by atoms with Gasteiger partial charge in [0.15, 0.2) is 0 Å². The standard InChI is InChI=1S/C26H29F5O2/c1-23-14-20(15-5-3-2-4-6-15)22-18-10-8-17(32)13-16(18)7-9-19(22)21(23)11-12-24(23,33)25(27,28)26(29,30)31/h2-6,16,19-21,33H,7-14H2,1H3. The summed E-state index contributed by atoms with van der Waals surface area (Å²) in [7, 11) is 0. The zero-order valence-electron chi connectivity index (χ0n) is 18.6. The van der Waals surface area contributed by atoms with Crippen LogP contribution in [0.15, 0.2) is 41.5 Å². The molecule has 1 aromatic rings. The first-order valence-corrected chi connectivity index (χ1v) is 11.9. The molecule has 0 radical (unpaired) electrons. The van der Waals surface area contributed by atoms with Crippen LogP contribution in [0.4, 0.5) is 22.0 Å². The number of fused-ring (bicyclic) bond motifs is 4. The van der Waals surface area contributed by atoms with Crippen molar-refractivity contribution in [3.05, 3.63) is 47.0 Å². The fourth-order valence-electron chi connectivity index (χ4n) is 7.82. The highest BCUT2D eigenvalue weighted by Gasteiger charge is 2.79. The van der Waals surface area contributed by atoms with Gasteiger partial charge in [-0.3, -0.25) is 4.79 Å². The number of carbonyl (C=O) groups is 1. The smallest absolute Gasteiger partial charge is 0.383 e. The highest BCUT2D eigenvalue weighted by Crippen LogP contribution is 2.70. The van der Waals surface area contributed by atoms with E-state index in [2.05, 4.69) is 0 Å². The third kappa shape index (κ3) is 3.10. The van der Waals surface area contributed by atoms with Crippen LogP contribution in [0.3, 0.4) is 0 Å². The third-order valence-electron chi connectivity index (χ3n) is 9.38. The Kier molecular flexibility index (Phi) is 5.14. The summed E-state index contributed by atoms with van der Waals surface area (Å²) in [6, 6.07) is 9.33. The van der Waals surface area contributed by atoms with Gasteiger partial charge in [0.2, 0.25) is 0 Å². The first kappa shape index (κ1) is 23.0. The average molecular weight is 469 g/mol. The minimum Gasteiger partial charge on any atom is -0.383 e. The number of allylic oxidation sites excluding steroid dienone is 2. The topological polar surface area (TPSA) is 37.3 Å². The zero-order chi connectivity index (χ0) is 23.8. The predicted molar refractivity (Wildman–Crippen MR) is 113 cm³/mol. The van der Waals surface area contributed by atoms with E-state index in [-0.39, 0.29) is 36.4 Å². The summed E-state index contributed by atoms with van der Waals surface area (Å²) in [5.41, 5.74) is -1.47. The lowest BCUT2D eigenvalue weighted by atomic mass is 9.49. The number of hydrogen-bond donors (Lipinski definition) is 1. The maximum atomic E-state index is 14.9. The number of Topliss-reactive ketones (excluding diaryl/α,β-unsaturated/α-hetero) is 1. The number of benzene rings is 1. The number of carbonyl (C=O) groups excluding carboxylic acids is 1. The van der Waals surface area contributed by atoms with Gasteiger partial charge in [-0.2, -0.15) is 22.0 Å². The summed E-state index contributed by atoms with van der Waals surface area (Å²) in [5, 5.41) is 11.2. The van der Waals surface area contributed by atoms with Crippen molar-refractivity contribution < 1.29 is 31.9 Å². The van der Waals surface area contributed by atoms with Crippen molar-refractivity contribution in [2.24, 2.45) is 23.2 Å². The number of rotatable bonds is 2. The summed E-state index contributed by atoms with van der Waals surface area (Å²) in [4.78, 5) is 12.1. The van der Waals surface area contributed by atoms with E-state index in [1.807, 2.05) is 30.3 Å². The lowest BCUT2D eigenvalue weighted by Gasteiger charge is -2.56. The van der Waals surface area contributed by atoms with Gasteiger partial charge in [0.1, 0.15) is 11.4 Å². The minimum atomic E-state index is -5.82. The second-order valence-corrected chi connectivity index (χ2v) is 10.8. The molecule has 5 rings (SSSR count). The van der Waals surface area contributed by atoms with Gasteiger partial charge in [0.05, 0.1) is 0 Å². The molecular formula is C26H29F5O2. The summed E-state index contributed by atoms with van der Waals surface area (Å²) in [5.74, 6) is -5.74. The number of halogens is 5. The van der Waals surface area contributed by atoms with Gasteiger partial charge in [0.25, 0.3) is 0 Å². The van der Waals surface area contributed by atoms with E-state index in [4.69, 9.17) is 0 Å². The molecule has 7 heteroatoms. The molecule has 3 saturated carbocycles. The van der Waals surface area contributed by atoms with Crippen molar-refractivity contribution in [3.8, 4) is 0 Å². The van der Waals surface area contributed by atoms with Gasteiger partial charge in [-0.25, -0.2) is 0 Å². The fourth-order valence-corrected chi connectivity index (χ4v) is 7.82. The molecule has 0 aliphatic heterocycles. The average Bonchev–Trinajstić information content (AvgIpc) is 3.04. The Morgan fingerprint density at radius 1 is 1.00 bits per heavy atom. The zero-order valence-corrected chi connectivity index (χ0v) is 18.6. The van der Waals surface area contributed by atoms with Gasteiger partial charge >= 0.3 is 12.1 Å². The van der Waals surface area contributed by atoms with Crippen molar-refractivity contribution >= 4 is 5.78 Å². The second kappa shape index (κ2) is 7.37.